The number of aromatic nitrogens is 1. The van der Waals surface area contributed by atoms with Crippen molar-refractivity contribution in [3.05, 3.63) is 70.5 Å². The molecule has 0 amide bonds. The second-order valence-electron chi connectivity index (χ2n) is 8.90. The Hall–Kier alpha value is -3.01. The number of halogens is 1. The predicted molar refractivity (Wildman–Crippen MR) is 140 cm³/mol. The lowest BCUT2D eigenvalue weighted by Crippen LogP contribution is -2.27. The summed E-state index contributed by atoms with van der Waals surface area (Å²) in [5, 5.41) is 0.401. The number of anilines is 2. The maximum absolute atomic E-state index is 13.9. The predicted octanol–water partition coefficient (Wildman–Crippen LogP) is 5.07. The van der Waals surface area contributed by atoms with E-state index in [2.05, 4.69) is 9.88 Å². The van der Waals surface area contributed by atoms with Gasteiger partial charge in [-0.3, -0.25) is 0 Å². The SMILES string of the molecule is CCOC(=O)c1cc(C)c(N(c2ccc(Cl)c(O[C@@H]3CCN(C)C3)c2)S(=O)(=O)c2cc[nH]c2)cc1C. The summed E-state index contributed by atoms with van der Waals surface area (Å²) < 4.78 is 40.4. The van der Waals surface area contributed by atoms with Crippen LogP contribution >= 0.6 is 11.6 Å². The number of benzene rings is 2. The number of likely N-dealkylation sites (N-methyl/N-ethyl adjacent to an activating group) is 1. The number of esters is 1. The number of sulfonamides is 1. The second kappa shape index (κ2) is 10.5. The Balaban J connectivity index is 1.84. The molecule has 36 heavy (non-hydrogen) atoms. The molecule has 1 saturated heterocycles. The Labute approximate surface area is 216 Å². The molecular formula is C26H30ClN3O5S. The highest BCUT2D eigenvalue weighted by Gasteiger charge is 2.31. The van der Waals surface area contributed by atoms with Crippen LogP contribution in [0, 0.1) is 13.8 Å². The van der Waals surface area contributed by atoms with E-state index in [0.29, 0.717) is 38.8 Å². The lowest BCUT2D eigenvalue weighted by Gasteiger charge is -2.27. The number of likely N-dealkylation sites (tertiary alicyclic amines) is 1. The van der Waals surface area contributed by atoms with Gasteiger partial charge in [-0.1, -0.05) is 11.6 Å². The van der Waals surface area contributed by atoms with Crippen LogP contribution in [0.25, 0.3) is 0 Å². The van der Waals surface area contributed by atoms with Gasteiger partial charge in [0.2, 0.25) is 0 Å². The molecule has 0 bridgehead atoms. The van der Waals surface area contributed by atoms with Gasteiger partial charge in [0.25, 0.3) is 10.0 Å². The number of H-pyrrole nitrogens is 1. The van der Waals surface area contributed by atoms with Gasteiger partial charge < -0.3 is 19.4 Å². The monoisotopic (exact) mass is 531 g/mol. The minimum absolute atomic E-state index is 0.0367. The first-order valence-electron chi connectivity index (χ1n) is 11.7. The average Bonchev–Trinajstić information content (AvgIpc) is 3.51. The smallest absolute Gasteiger partial charge is 0.338 e. The number of ether oxygens (including phenoxy) is 2. The van der Waals surface area contributed by atoms with E-state index in [1.165, 1.54) is 16.6 Å². The fraction of sp³-hybridized carbons (Fsp3) is 0.346. The van der Waals surface area contributed by atoms with Gasteiger partial charge in [0.15, 0.2) is 0 Å². The van der Waals surface area contributed by atoms with Gasteiger partial charge in [0.1, 0.15) is 16.7 Å². The Kier molecular flexibility index (Phi) is 7.63. The summed E-state index contributed by atoms with van der Waals surface area (Å²) in [5.74, 6) is -0.0327. The van der Waals surface area contributed by atoms with Crippen LogP contribution in [0.2, 0.25) is 5.02 Å². The van der Waals surface area contributed by atoms with E-state index in [-0.39, 0.29) is 17.6 Å². The van der Waals surface area contributed by atoms with E-state index >= 15 is 0 Å². The van der Waals surface area contributed by atoms with Gasteiger partial charge in [-0.2, -0.15) is 0 Å². The summed E-state index contributed by atoms with van der Waals surface area (Å²) in [7, 11) is -2.01. The van der Waals surface area contributed by atoms with E-state index in [9.17, 15) is 13.2 Å². The van der Waals surface area contributed by atoms with Crippen LogP contribution in [0.3, 0.4) is 0 Å². The first-order valence-corrected chi connectivity index (χ1v) is 13.5. The minimum Gasteiger partial charge on any atom is -0.487 e. The Bertz CT molecular complexity index is 1360. The fourth-order valence-electron chi connectivity index (χ4n) is 4.31. The lowest BCUT2D eigenvalue weighted by atomic mass is 10.0. The summed E-state index contributed by atoms with van der Waals surface area (Å²) in [5.41, 5.74) is 2.37. The first kappa shape index (κ1) is 26.1. The van der Waals surface area contributed by atoms with Gasteiger partial charge in [-0.15, -0.1) is 0 Å². The van der Waals surface area contributed by atoms with Gasteiger partial charge in [-0.25, -0.2) is 17.5 Å². The molecule has 0 unspecified atom stereocenters. The van der Waals surface area contributed by atoms with E-state index in [1.807, 2.05) is 7.05 Å². The molecule has 8 nitrogen and oxygen atoms in total. The van der Waals surface area contributed by atoms with Crippen LogP contribution in [0.5, 0.6) is 5.75 Å². The number of aromatic amines is 1. The number of carbonyl (C=O) groups is 1. The molecule has 0 saturated carbocycles. The number of nitrogens with zero attached hydrogens (tertiary/aromatic N) is 2. The van der Waals surface area contributed by atoms with E-state index < -0.39 is 16.0 Å². The number of aryl methyl sites for hydroxylation is 2. The molecule has 0 aliphatic carbocycles. The Morgan fingerprint density at radius 2 is 1.97 bits per heavy atom. The van der Waals surface area contributed by atoms with Crippen molar-refractivity contribution in [2.45, 2.75) is 38.2 Å². The summed E-state index contributed by atoms with van der Waals surface area (Å²) in [6.07, 6.45) is 3.81. The Morgan fingerprint density at radius 1 is 1.19 bits per heavy atom. The minimum atomic E-state index is -4.03. The van der Waals surface area contributed by atoms with Crippen LogP contribution in [0.4, 0.5) is 11.4 Å². The van der Waals surface area contributed by atoms with Gasteiger partial charge in [0.05, 0.1) is 28.6 Å². The third kappa shape index (κ3) is 5.23. The molecule has 0 spiro atoms. The number of nitrogens with one attached hydrogen (secondary N) is 1. The average molecular weight is 532 g/mol. The van der Waals surface area contributed by atoms with Crippen molar-refractivity contribution in [1.29, 1.82) is 0 Å². The summed E-state index contributed by atoms with van der Waals surface area (Å²) in [6.45, 7) is 7.18. The van der Waals surface area contributed by atoms with Crippen LogP contribution in [-0.4, -0.2) is 57.1 Å². The molecule has 192 valence electrons. The molecule has 2 heterocycles. The van der Waals surface area contributed by atoms with Crippen molar-refractivity contribution in [1.82, 2.24) is 9.88 Å². The number of hydrogen-bond donors (Lipinski definition) is 1. The van der Waals surface area contributed by atoms with Crippen LogP contribution in [0.15, 0.2) is 53.7 Å². The molecule has 3 aromatic rings. The molecule has 10 heteroatoms. The molecular weight excluding hydrogens is 502 g/mol. The quantitative estimate of drug-likeness (QED) is 0.408. The second-order valence-corrected chi connectivity index (χ2v) is 11.1. The summed E-state index contributed by atoms with van der Waals surface area (Å²) in [4.78, 5) is 17.5. The molecule has 4 rings (SSSR count). The zero-order chi connectivity index (χ0) is 26.0. The fourth-order valence-corrected chi connectivity index (χ4v) is 5.99. The van der Waals surface area contributed by atoms with Crippen molar-refractivity contribution in [3.8, 4) is 5.75 Å². The van der Waals surface area contributed by atoms with E-state index in [0.717, 1.165) is 19.5 Å². The topological polar surface area (TPSA) is 91.9 Å². The number of carbonyl (C=O) groups excluding carboxylic acids is 1. The van der Waals surface area contributed by atoms with Gasteiger partial charge in [0, 0.05) is 31.5 Å². The molecule has 1 aliphatic heterocycles. The van der Waals surface area contributed by atoms with Crippen LogP contribution in [0.1, 0.15) is 34.8 Å². The van der Waals surface area contributed by atoms with Crippen molar-refractivity contribution in [2.24, 2.45) is 0 Å². The molecule has 1 aliphatic rings. The largest absolute Gasteiger partial charge is 0.487 e. The summed E-state index contributed by atoms with van der Waals surface area (Å²) >= 11 is 6.45. The van der Waals surface area contributed by atoms with Crippen molar-refractivity contribution in [2.75, 3.05) is 31.0 Å². The lowest BCUT2D eigenvalue weighted by molar-refractivity contribution is 0.0525. The van der Waals surface area contributed by atoms with E-state index in [1.54, 1.807) is 57.3 Å². The van der Waals surface area contributed by atoms with Gasteiger partial charge >= 0.3 is 5.97 Å². The molecule has 1 aromatic heterocycles. The molecule has 2 aromatic carbocycles. The summed E-state index contributed by atoms with van der Waals surface area (Å²) in [6, 6.07) is 9.78. The highest BCUT2D eigenvalue weighted by molar-refractivity contribution is 7.93. The highest BCUT2D eigenvalue weighted by Crippen LogP contribution is 2.40. The molecule has 1 N–H and O–H groups in total. The highest BCUT2D eigenvalue weighted by atomic mass is 35.5. The maximum Gasteiger partial charge on any atom is 0.338 e. The molecule has 1 atom stereocenters. The maximum atomic E-state index is 13.9. The Morgan fingerprint density at radius 3 is 2.61 bits per heavy atom. The standard InChI is InChI=1S/C26H30ClN3O5S/c1-5-34-26(31)22-12-18(3)24(13-17(22)2)30(36(32,33)21-8-10-28-15-21)19-6-7-23(27)25(14-19)35-20-9-11-29(4)16-20/h6-8,10,12-15,20,28H,5,9,11,16H2,1-4H3/t20-/m1/s1. The molecule has 1 fully saturated rings. The number of rotatable bonds is 8. The third-order valence-corrected chi connectivity index (χ3v) is 8.21. The number of hydrogen-bond acceptors (Lipinski definition) is 6. The van der Waals surface area contributed by atoms with Crippen molar-refractivity contribution < 1.29 is 22.7 Å². The first-order chi connectivity index (χ1) is 17.1. The zero-order valence-electron chi connectivity index (χ0n) is 20.7. The van der Waals surface area contributed by atoms with Crippen LogP contribution < -0.4 is 9.04 Å². The normalized spacial score (nSPS) is 16.2. The zero-order valence-corrected chi connectivity index (χ0v) is 22.3. The van der Waals surface area contributed by atoms with E-state index in [4.69, 9.17) is 21.1 Å². The third-order valence-electron chi connectivity index (χ3n) is 6.16. The van der Waals surface area contributed by atoms with Crippen LogP contribution in [-0.2, 0) is 14.8 Å². The van der Waals surface area contributed by atoms with Gasteiger partial charge in [-0.05, 0) is 75.7 Å². The molecule has 0 radical (unpaired) electrons. The van der Waals surface area contributed by atoms with Crippen molar-refractivity contribution >= 4 is 39.0 Å². The van der Waals surface area contributed by atoms with Crippen molar-refractivity contribution in [3.63, 3.8) is 0 Å².